The average Bonchev–Trinajstić information content (AvgIpc) is 2.84. The maximum Gasteiger partial charge on any atom is 0.309 e. The van der Waals surface area contributed by atoms with E-state index in [9.17, 15) is 4.79 Å². The van der Waals surface area contributed by atoms with Crippen LogP contribution in [0, 0.1) is 0 Å². The molecule has 0 aliphatic carbocycles. The molecule has 0 saturated carbocycles. The Balaban J connectivity index is 2.13. The summed E-state index contributed by atoms with van der Waals surface area (Å²) >= 11 is 1.46. The Morgan fingerprint density at radius 3 is 2.95 bits per heavy atom. The first-order valence-electron chi connectivity index (χ1n) is 6.41. The number of nitrogens with zero attached hydrogens (tertiary/aromatic N) is 1. The Kier molecular flexibility index (Phi) is 4.87. The molecule has 0 bridgehead atoms. The summed E-state index contributed by atoms with van der Waals surface area (Å²) in [7, 11) is 0. The summed E-state index contributed by atoms with van der Waals surface area (Å²) in [5.41, 5.74) is 2.68. The van der Waals surface area contributed by atoms with E-state index in [1.165, 1.54) is 11.3 Å². The number of hydrogen-bond acceptors (Lipinski definition) is 4. The van der Waals surface area contributed by atoms with Gasteiger partial charge in [0.15, 0.2) is 0 Å². The van der Waals surface area contributed by atoms with Gasteiger partial charge in [-0.25, -0.2) is 4.98 Å². The van der Waals surface area contributed by atoms with Gasteiger partial charge in [0.1, 0.15) is 5.01 Å². The van der Waals surface area contributed by atoms with Crippen molar-refractivity contribution in [2.24, 2.45) is 0 Å². The number of aromatic nitrogens is 1. The molecule has 20 heavy (non-hydrogen) atoms. The SMILES string of the molecule is CC(C)OCc1cccc(-c2nc(CC(=O)O)cs2)c1. The normalized spacial score (nSPS) is 10.9. The van der Waals surface area contributed by atoms with Crippen molar-refractivity contribution in [1.29, 1.82) is 0 Å². The number of ether oxygens (including phenoxy) is 1. The van der Waals surface area contributed by atoms with E-state index in [2.05, 4.69) is 4.98 Å². The van der Waals surface area contributed by atoms with Gasteiger partial charge in [0.2, 0.25) is 0 Å². The van der Waals surface area contributed by atoms with Gasteiger partial charge in [-0.2, -0.15) is 0 Å². The lowest BCUT2D eigenvalue weighted by Gasteiger charge is -2.08. The quantitative estimate of drug-likeness (QED) is 0.886. The van der Waals surface area contributed by atoms with Crippen LogP contribution in [0.5, 0.6) is 0 Å². The predicted octanol–water partition coefficient (Wildman–Crippen LogP) is 3.36. The molecule has 2 rings (SSSR count). The zero-order valence-electron chi connectivity index (χ0n) is 11.5. The van der Waals surface area contributed by atoms with Crippen LogP contribution in [0.2, 0.25) is 0 Å². The monoisotopic (exact) mass is 291 g/mol. The van der Waals surface area contributed by atoms with Gasteiger partial charge in [0.25, 0.3) is 0 Å². The van der Waals surface area contributed by atoms with Gasteiger partial charge in [-0.1, -0.05) is 18.2 Å². The second-order valence-electron chi connectivity index (χ2n) is 4.77. The highest BCUT2D eigenvalue weighted by atomic mass is 32.1. The van der Waals surface area contributed by atoms with Crippen molar-refractivity contribution in [2.45, 2.75) is 33.0 Å². The fourth-order valence-electron chi connectivity index (χ4n) is 1.73. The maximum atomic E-state index is 10.7. The van der Waals surface area contributed by atoms with E-state index < -0.39 is 5.97 Å². The van der Waals surface area contributed by atoms with Crippen LogP contribution in [0.1, 0.15) is 25.1 Å². The minimum atomic E-state index is -0.860. The van der Waals surface area contributed by atoms with E-state index in [1.54, 1.807) is 5.38 Å². The van der Waals surface area contributed by atoms with Crippen LogP contribution in [0.4, 0.5) is 0 Å². The molecule has 1 aromatic heterocycles. The Morgan fingerprint density at radius 2 is 2.25 bits per heavy atom. The molecule has 0 atom stereocenters. The maximum absolute atomic E-state index is 10.7. The molecule has 0 aliphatic heterocycles. The van der Waals surface area contributed by atoms with Gasteiger partial charge in [-0.05, 0) is 25.5 Å². The number of carbonyl (C=O) groups is 1. The molecule has 0 spiro atoms. The van der Waals surface area contributed by atoms with Gasteiger partial charge >= 0.3 is 5.97 Å². The topological polar surface area (TPSA) is 59.4 Å². The molecule has 4 nitrogen and oxygen atoms in total. The molecule has 0 radical (unpaired) electrons. The minimum absolute atomic E-state index is 0.0351. The Hall–Kier alpha value is -1.72. The Bertz CT molecular complexity index is 592. The number of carboxylic acid groups (broad SMARTS) is 1. The third-order valence-electron chi connectivity index (χ3n) is 2.64. The Morgan fingerprint density at radius 1 is 1.45 bits per heavy atom. The average molecular weight is 291 g/mol. The fraction of sp³-hybridized carbons (Fsp3) is 0.333. The summed E-state index contributed by atoms with van der Waals surface area (Å²) in [6.07, 6.45) is 0.160. The van der Waals surface area contributed by atoms with Crippen LogP contribution in [-0.2, 0) is 22.6 Å². The van der Waals surface area contributed by atoms with Crippen LogP contribution >= 0.6 is 11.3 Å². The summed E-state index contributed by atoms with van der Waals surface area (Å²) in [4.78, 5) is 15.0. The minimum Gasteiger partial charge on any atom is -0.481 e. The van der Waals surface area contributed by atoms with E-state index in [1.807, 2.05) is 38.1 Å². The van der Waals surface area contributed by atoms with Gasteiger partial charge in [-0.3, -0.25) is 4.79 Å². The number of hydrogen-bond donors (Lipinski definition) is 1. The summed E-state index contributed by atoms with van der Waals surface area (Å²) in [5, 5.41) is 11.4. The van der Waals surface area contributed by atoms with Crippen molar-refractivity contribution in [3.63, 3.8) is 0 Å². The van der Waals surface area contributed by atoms with Gasteiger partial charge in [-0.15, -0.1) is 11.3 Å². The highest BCUT2D eigenvalue weighted by Crippen LogP contribution is 2.25. The summed E-state index contributed by atoms with van der Waals surface area (Å²) in [6, 6.07) is 7.98. The first-order chi connectivity index (χ1) is 9.54. The molecule has 0 fully saturated rings. The number of aliphatic carboxylic acids is 1. The Labute approximate surface area is 122 Å². The van der Waals surface area contributed by atoms with E-state index >= 15 is 0 Å². The van der Waals surface area contributed by atoms with Crippen molar-refractivity contribution >= 4 is 17.3 Å². The number of benzene rings is 1. The first kappa shape index (κ1) is 14.7. The zero-order chi connectivity index (χ0) is 14.5. The van der Waals surface area contributed by atoms with Crippen molar-refractivity contribution < 1.29 is 14.6 Å². The second kappa shape index (κ2) is 6.63. The number of thiazole rings is 1. The largest absolute Gasteiger partial charge is 0.481 e. The summed E-state index contributed by atoms with van der Waals surface area (Å²) in [5.74, 6) is -0.860. The third-order valence-corrected chi connectivity index (χ3v) is 3.58. The molecule has 106 valence electrons. The summed E-state index contributed by atoms with van der Waals surface area (Å²) in [6.45, 7) is 4.57. The highest BCUT2D eigenvalue weighted by molar-refractivity contribution is 7.13. The van der Waals surface area contributed by atoms with E-state index in [0.29, 0.717) is 12.3 Å². The van der Waals surface area contributed by atoms with Crippen molar-refractivity contribution in [3.8, 4) is 10.6 Å². The first-order valence-corrected chi connectivity index (χ1v) is 7.29. The van der Waals surface area contributed by atoms with Crippen LogP contribution in [-0.4, -0.2) is 22.2 Å². The molecule has 0 unspecified atom stereocenters. The molecule has 0 aliphatic rings. The third kappa shape index (κ3) is 4.15. The predicted molar refractivity (Wildman–Crippen MR) is 78.8 cm³/mol. The fourth-order valence-corrected chi connectivity index (χ4v) is 2.55. The van der Waals surface area contributed by atoms with Gasteiger partial charge < -0.3 is 9.84 Å². The van der Waals surface area contributed by atoms with Crippen molar-refractivity contribution in [1.82, 2.24) is 4.98 Å². The van der Waals surface area contributed by atoms with Crippen LogP contribution in [0.15, 0.2) is 29.6 Å². The lowest BCUT2D eigenvalue weighted by Crippen LogP contribution is -2.02. The van der Waals surface area contributed by atoms with Gasteiger partial charge in [0, 0.05) is 10.9 Å². The van der Waals surface area contributed by atoms with Crippen LogP contribution in [0.3, 0.4) is 0 Å². The number of carboxylic acids is 1. The van der Waals surface area contributed by atoms with Crippen molar-refractivity contribution in [3.05, 3.63) is 40.9 Å². The smallest absolute Gasteiger partial charge is 0.309 e. The lowest BCUT2D eigenvalue weighted by molar-refractivity contribution is -0.136. The molecule has 1 N–H and O–H groups in total. The number of rotatable bonds is 6. The van der Waals surface area contributed by atoms with E-state index in [0.717, 1.165) is 16.1 Å². The molecular weight excluding hydrogens is 274 g/mol. The zero-order valence-corrected chi connectivity index (χ0v) is 12.3. The molecule has 5 heteroatoms. The second-order valence-corrected chi connectivity index (χ2v) is 5.63. The molecular formula is C15H17NO3S. The molecule has 0 saturated heterocycles. The molecule has 1 aromatic carbocycles. The summed E-state index contributed by atoms with van der Waals surface area (Å²) < 4.78 is 5.58. The van der Waals surface area contributed by atoms with E-state index in [-0.39, 0.29) is 12.5 Å². The van der Waals surface area contributed by atoms with Crippen molar-refractivity contribution in [2.75, 3.05) is 0 Å². The molecule has 1 heterocycles. The van der Waals surface area contributed by atoms with Gasteiger partial charge in [0.05, 0.1) is 24.8 Å². The molecule has 0 amide bonds. The molecule has 2 aromatic rings. The van der Waals surface area contributed by atoms with E-state index in [4.69, 9.17) is 9.84 Å². The standard InChI is InChI=1S/C15H17NO3S/c1-10(2)19-8-11-4-3-5-12(6-11)15-16-13(9-20-15)7-14(17)18/h3-6,9-10H,7-8H2,1-2H3,(H,17,18). The van der Waals surface area contributed by atoms with Crippen LogP contribution < -0.4 is 0 Å². The van der Waals surface area contributed by atoms with Crippen LogP contribution in [0.25, 0.3) is 10.6 Å². The highest BCUT2D eigenvalue weighted by Gasteiger charge is 2.08. The lowest BCUT2D eigenvalue weighted by atomic mass is 10.1.